The highest BCUT2D eigenvalue weighted by Crippen LogP contribution is 2.23. The summed E-state index contributed by atoms with van der Waals surface area (Å²) >= 11 is 0. The predicted octanol–water partition coefficient (Wildman–Crippen LogP) is 4.05. The maximum absolute atomic E-state index is 14.2. The summed E-state index contributed by atoms with van der Waals surface area (Å²) in [5.41, 5.74) is 1.10. The van der Waals surface area contributed by atoms with E-state index in [1.165, 1.54) is 12.1 Å². The van der Waals surface area contributed by atoms with Gasteiger partial charge in [-0.05, 0) is 57.8 Å². The molecule has 0 bridgehead atoms. The van der Waals surface area contributed by atoms with Gasteiger partial charge in [0, 0.05) is 12.6 Å². The fourth-order valence-corrected chi connectivity index (χ4v) is 2.75. The number of nitrogens with zero attached hydrogens (tertiary/aromatic N) is 1. The molecule has 0 aliphatic heterocycles. The van der Waals surface area contributed by atoms with E-state index in [9.17, 15) is 9.18 Å². The number of nitrogens with one attached hydrogen (secondary N) is 2. The second-order valence-corrected chi connectivity index (χ2v) is 6.90. The van der Waals surface area contributed by atoms with E-state index >= 15 is 0 Å². The highest BCUT2D eigenvalue weighted by atomic mass is 19.1. The number of ether oxygens (including phenoxy) is 2. The fraction of sp³-hybridized carbons (Fsp3) is 0.381. The number of hydrogen-bond donors (Lipinski definition) is 2. The van der Waals surface area contributed by atoms with Crippen molar-refractivity contribution in [1.82, 2.24) is 10.2 Å². The third-order valence-electron chi connectivity index (χ3n) is 4.12. The first-order valence-corrected chi connectivity index (χ1v) is 9.11. The summed E-state index contributed by atoms with van der Waals surface area (Å²) in [6.07, 6.45) is -0.0546. The van der Waals surface area contributed by atoms with Gasteiger partial charge >= 0.3 is 6.03 Å². The number of benzene rings is 2. The van der Waals surface area contributed by atoms with Crippen LogP contribution in [-0.2, 0) is 0 Å². The molecule has 152 valence electrons. The van der Waals surface area contributed by atoms with Crippen molar-refractivity contribution in [2.45, 2.75) is 26.0 Å². The number of likely N-dealkylation sites (N-methyl/N-ethyl adjacent to an activating group) is 1. The van der Waals surface area contributed by atoms with Gasteiger partial charge < -0.3 is 25.0 Å². The molecule has 1 atom stereocenters. The second-order valence-electron chi connectivity index (χ2n) is 6.90. The van der Waals surface area contributed by atoms with Gasteiger partial charge in [0.2, 0.25) is 0 Å². The minimum absolute atomic E-state index is 0.0546. The van der Waals surface area contributed by atoms with Crippen LogP contribution in [0, 0.1) is 5.82 Å². The lowest BCUT2D eigenvalue weighted by molar-refractivity contribution is 0.240. The van der Waals surface area contributed by atoms with Crippen molar-refractivity contribution in [2.75, 3.05) is 33.1 Å². The molecule has 6 nitrogen and oxygen atoms in total. The lowest BCUT2D eigenvalue weighted by atomic mass is 10.1. The summed E-state index contributed by atoms with van der Waals surface area (Å²) in [6.45, 7) is 4.07. The third kappa shape index (κ3) is 6.13. The van der Waals surface area contributed by atoms with Gasteiger partial charge in [0.1, 0.15) is 17.3 Å². The summed E-state index contributed by atoms with van der Waals surface area (Å²) in [5, 5.41) is 5.33. The first-order chi connectivity index (χ1) is 13.3. The van der Waals surface area contributed by atoms with Crippen LogP contribution in [-0.4, -0.2) is 44.8 Å². The Kier molecular flexibility index (Phi) is 7.63. The van der Waals surface area contributed by atoms with Crippen LogP contribution in [0.2, 0.25) is 0 Å². The highest BCUT2D eigenvalue weighted by molar-refractivity contribution is 5.89. The van der Waals surface area contributed by atoms with Crippen molar-refractivity contribution in [1.29, 1.82) is 0 Å². The Hall–Kier alpha value is -2.80. The van der Waals surface area contributed by atoms with Crippen LogP contribution in [0.1, 0.15) is 25.5 Å². The van der Waals surface area contributed by atoms with Gasteiger partial charge in [0.15, 0.2) is 0 Å². The second kappa shape index (κ2) is 9.94. The van der Waals surface area contributed by atoms with Crippen LogP contribution >= 0.6 is 0 Å². The number of hydrogen-bond acceptors (Lipinski definition) is 4. The predicted molar refractivity (Wildman–Crippen MR) is 109 cm³/mol. The van der Waals surface area contributed by atoms with E-state index in [1.54, 1.807) is 13.2 Å². The van der Waals surface area contributed by atoms with E-state index < -0.39 is 11.8 Å². The molecule has 0 spiro atoms. The summed E-state index contributed by atoms with van der Waals surface area (Å²) < 4.78 is 24.9. The zero-order chi connectivity index (χ0) is 20.7. The fourth-order valence-electron chi connectivity index (χ4n) is 2.75. The zero-order valence-electron chi connectivity index (χ0n) is 17.0. The van der Waals surface area contributed by atoms with Crippen molar-refractivity contribution in [2.24, 2.45) is 0 Å². The number of anilines is 1. The summed E-state index contributed by atoms with van der Waals surface area (Å²) in [4.78, 5) is 14.2. The van der Waals surface area contributed by atoms with Crippen molar-refractivity contribution in [3.05, 3.63) is 53.8 Å². The first-order valence-electron chi connectivity index (χ1n) is 9.11. The Balaban J connectivity index is 1.99. The number of urea groups is 1. The molecule has 0 radical (unpaired) electrons. The molecule has 0 aliphatic carbocycles. The van der Waals surface area contributed by atoms with Crippen LogP contribution in [0.5, 0.6) is 11.5 Å². The molecule has 0 saturated heterocycles. The molecule has 2 rings (SSSR count). The van der Waals surface area contributed by atoms with Crippen LogP contribution < -0.4 is 20.1 Å². The van der Waals surface area contributed by atoms with Crippen molar-refractivity contribution >= 4 is 11.7 Å². The minimum atomic E-state index is -0.551. The Labute approximate surface area is 165 Å². The van der Waals surface area contributed by atoms with Gasteiger partial charge in [0.05, 0.1) is 24.9 Å². The largest absolute Gasteiger partial charge is 0.497 e. The number of carbonyl (C=O) groups is 1. The maximum atomic E-state index is 14.2. The monoisotopic (exact) mass is 389 g/mol. The number of amides is 2. The molecule has 0 heterocycles. The number of halogens is 1. The van der Waals surface area contributed by atoms with Crippen molar-refractivity contribution in [3.8, 4) is 11.5 Å². The van der Waals surface area contributed by atoms with Gasteiger partial charge in [-0.25, -0.2) is 9.18 Å². The molecule has 28 heavy (non-hydrogen) atoms. The third-order valence-corrected chi connectivity index (χ3v) is 4.12. The molecule has 7 heteroatoms. The summed E-state index contributed by atoms with van der Waals surface area (Å²) in [7, 11) is 5.47. The van der Waals surface area contributed by atoms with Crippen LogP contribution in [0.15, 0.2) is 42.5 Å². The smallest absolute Gasteiger partial charge is 0.319 e. The lowest BCUT2D eigenvalue weighted by Crippen LogP contribution is -2.37. The Morgan fingerprint density at radius 3 is 2.50 bits per heavy atom. The number of rotatable bonds is 8. The van der Waals surface area contributed by atoms with E-state index in [0.717, 1.165) is 11.3 Å². The van der Waals surface area contributed by atoms with Crippen LogP contribution in [0.4, 0.5) is 14.9 Å². The van der Waals surface area contributed by atoms with Crippen LogP contribution in [0.3, 0.4) is 0 Å². The Bertz CT molecular complexity index is 796. The summed E-state index contributed by atoms with van der Waals surface area (Å²) in [5.74, 6) is 0.619. The molecule has 2 aromatic rings. The molecule has 0 aromatic heterocycles. The van der Waals surface area contributed by atoms with Gasteiger partial charge in [0.25, 0.3) is 0 Å². The normalized spacial score (nSPS) is 12.0. The molecule has 2 amide bonds. The minimum Gasteiger partial charge on any atom is -0.497 e. The van der Waals surface area contributed by atoms with Gasteiger partial charge in [-0.2, -0.15) is 0 Å². The number of carbonyl (C=O) groups excluding carboxylic acids is 1. The first kappa shape index (κ1) is 21.5. The van der Waals surface area contributed by atoms with Gasteiger partial charge in [-0.1, -0.05) is 12.1 Å². The van der Waals surface area contributed by atoms with Gasteiger partial charge in [-0.3, -0.25) is 0 Å². The molecular weight excluding hydrogens is 361 g/mol. The van der Waals surface area contributed by atoms with E-state index in [-0.39, 0.29) is 17.8 Å². The molecule has 2 N–H and O–H groups in total. The molecule has 0 fully saturated rings. The standard InChI is InChI=1S/C21H28FN3O3/c1-14(2)28-17-9-10-19(18(22)12-17)24-21(26)23-13-20(25(3)4)15-7-6-8-16(11-15)27-5/h6-12,14,20H,13H2,1-5H3,(H2,23,24,26). The lowest BCUT2D eigenvalue weighted by Gasteiger charge is -2.25. The molecule has 2 aromatic carbocycles. The Morgan fingerprint density at radius 2 is 1.89 bits per heavy atom. The molecule has 0 aliphatic rings. The average molecular weight is 389 g/mol. The highest BCUT2D eigenvalue weighted by Gasteiger charge is 2.17. The molecule has 0 saturated carbocycles. The Morgan fingerprint density at radius 1 is 1.14 bits per heavy atom. The van der Waals surface area contributed by atoms with E-state index in [2.05, 4.69) is 10.6 Å². The van der Waals surface area contributed by atoms with E-state index in [4.69, 9.17) is 9.47 Å². The summed E-state index contributed by atoms with van der Waals surface area (Å²) in [6, 6.07) is 11.5. The van der Waals surface area contributed by atoms with E-state index in [0.29, 0.717) is 12.3 Å². The molecule has 1 unspecified atom stereocenters. The van der Waals surface area contributed by atoms with Crippen LogP contribution in [0.25, 0.3) is 0 Å². The topological polar surface area (TPSA) is 62.8 Å². The van der Waals surface area contributed by atoms with Crippen molar-refractivity contribution < 1.29 is 18.7 Å². The average Bonchev–Trinajstić information content (AvgIpc) is 2.63. The molecular formula is C21H28FN3O3. The SMILES string of the molecule is COc1cccc(C(CNC(=O)Nc2ccc(OC(C)C)cc2F)N(C)C)c1. The van der Waals surface area contributed by atoms with Crippen molar-refractivity contribution in [3.63, 3.8) is 0 Å². The number of methoxy groups -OCH3 is 1. The zero-order valence-corrected chi connectivity index (χ0v) is 17.0. The van der Waals surface area contributed by atoms with Gasteiger partial charge in [-0.15, -0.1) is 0 Å². The maximum Gasteiger partial charge on any atom is 0.319 e. The quantitative estimate of drug-likeness (QED) is 0.715. The van der Waals surface area contributed by atoms with E-state index in [1.807, 2.05) is 57.1 Å².